The first kappa shape index (κ1) is 21.9. The van der Waals surface area contributed by atoms with Crippen molar-refractivity contribution in [2.45, 2.75) is 19.1 Å². The lowest BCUT2D eigenvalue weighted by Gasteiger charge is -2.19. The number of nitrogens with one attached hydrogen (secondary N) is 1. The summed E-state index contributed by atoms with van der Waals surface area (Å²) in [5, 5.41) is 11.6. The van der Waals surface area contributed by atoms with Gasteiger partial charge in [-0.05, 0) is 56.3 Å². The number of anilines is 1. The fraction of sp³-hybridized carbons (Fsp3) is 0.238. The van der Waals surface area contributed by atoms with Crippen molar-refractivity contribution < 1.29 is 14.0 Å². The van der Waals surface area contributed by atoms with Crippen LogP contribution in [0.15, 0.2) is 58.2 Å². The van der Waals surface area contributed by atoms with E-state index in [2.05, 4.69) is 15.5 Å². The molecular weight excluding hydrogens is 424 g/mol. The summed E-state index contributed by atoms with van der Waals surface area (Å²) in [6.45, 7) is 5.12. The molecule has 0 saturated heterocycles. The maximum atomic E-state index is 12.5. The number of nitrogens with zero attached hydrogens (tertiary/aromatic N) is 3. The normalized spacial score (nSPS) is 10.6. The SMILES string of the molecule is CCN(CC)C(=O)c1cccc(NC(=O)CSc2nnc(-c3ccc(Cl)cc3)o2)c1. The maximum Gasteiger partial charge on any atom is 0.277 e. The number of hydrogen-bond donors (Lipinski definition) is 1. The van der Waals surface area contributed by atoms with E-state index in [9.17, 15) is 9.59 Å². The predicted molar refractivity (Wildman–Crippen MR) is 118 cm³/mol. The first-order valence-electron chi connectivity index (χ1n) is 9.41. The predicted octanol–water partition coefficient (Wildman–Crippen LogP) is 4.60. The molecule has 0 aliphatic rings. The Bertz CT molecular complexity index is 1020. The van der Waals surface area contributed by atoms with E-state index in [4.69, 9.17) is 16.0 Å². The summed E-state index contributed by atoms with van der Waals surface area (Å²) in [6, 6.07) is 13.9. The highest BCUT2D eigenvalue weighted by Gasteiger charge is 2.14. The Balaban J connectivity index is 1.57. The topological polar surface area (TPSA) is 88.3 Å². The largest absolute Gasteiger partial charge is 0.411 e. The summed E-state index contributed by atoms with van der Waals surface area (Å²) >= 11 is 7.01. The Morgan fingerprint density at radius 2 is 1.83 bits per heavy atom. The van der Waals surface area contributed by atoms with Gasteiger partial charge < -0.3 is 14.6 Å². The van der Waals surface area contributed by atoms with Crippen LogP contribution in [0.4, 0.5) is 5.69 Å². The number of aromatic nitrogens is 2. The molecule has 7 nitrogen and oxygen atoms in total. The number of halogens is 1. The third-order valence-electron chi connectivity index (χ3n) is 4.27. The highest BCUT2D eigenvalue weighted by atomic mass is 35.5. The Kier molecular flexibility index (Phi) is 7.48. The minimum Gasteiger partial charge on any atom is -0.411 e. The summed E-state index contributed by atoms with van der Waals surface area (Å²) < 4.78 is 5.58. The van der Waals surface area contributed by atoms with Crippen molar-refractivity contribution in [1.82, 2.24) is 15.1 Å². The van der Waals surface area contributed by atoms with Crippen LogP contribution < -0.4 is 5.32 Å². The molecule has 2 amide bonds. The number of carbonyl (C=O) groups excluding carboxylic acids is 2. The van der Waals surface area contributed by atoms with Crippen LogP contribution in [-0.4, -0.2) is 45.8 Å². The molecule has 1 aromatic heterocycles. The van der Waals surface area contributed by atoms with Crippen molar-refractivity contribution in [2.75, 3.05) is 24.2 Å². The van der Waals surface area contributed by atoms with Crippen molar-refractivity contribution in [3.05, 3.63) is 59.1 Å². The average Bonchev–Trinajstić information content (AvgIpc) is 3.23. The van der Waals surface area contributed by atoms with Crippen molar-refractivity contribution in [3.63, 3.8) is 0 Å². The van der Waals surface area contributed by atoms with Crippen LogP contribution in [0.3, 0.4) is 0 Å². The Labute approximate surface area is 183 Å². The van der Waals surface area contributed by atoms with Gasteiger partial charge in [0.25, 0.3) is 11.1 Å². The van der Waals surface area contributed by atoms with Crippen LogP contribution in [0, 0.1) is 0 Å². The lowest BCUT2D eigenvalue weighted by atomic mass is 10.1. The molecule has 0 atom stereocenters. The zero-order valence-electron chi connectivity index (χ0n) is 16.6. The summed E-state index contributed by atoms with van der Waals surface area (Å²) in [5.41, 5.74) is 1.84. The fourth-order valence-electron chi connectivity index (χ4n) is 2.72. The van der Waals surface area contributed by atoms with Gasteiger partial charge in [-0.1, -0.05) is 29.4 Å². The van der Waals surface area contributed by atoms with Gasteiger partial charge in [0.1, 0.15) is 0 Å². The van der Waals surface area contributed by atoms with Gasteiger partial charge in [0.05, 0.1) is 5.75 Å². The van der Waals surface area contributed by atoms with Crippen molar-refractivity contribution in [2.24, 2.45) is 0 Å². The highest BCUT2D eigenvalue weighted by Crippen LogP contribution is 2.24. The summed E-state index contributed by atoms with van der Waals surface area (Å²) in [4.78, 5) is 26.5. The second kappa shape index (κ2) is 10.3. The molecule has 0 fully saturated rings. The Hall–Kier alpha value is -2.84. The van der Waals surface area contributed by atoms with E-state index >= 15 is 0 Å². The zero-order chi connectivity index (χ0) is 21.5. The van der Waals surface area contributed by atoms with Gasteiger partial charge in [0, 0.05) is 34.9 Å². The lowest BCUT2D eigenvalue weighted by Crippen LogP contribution is -2.30. The first-order valence-corrected chi connectivity index (χ1v) is 10.8. The highest BCUT2D eigenvalue weighted by molar-refractivity contribution is 7.99. The molecule has 30 heavy (non-hydrogen) atoms. The number of thioether (sulfide) groups is 1. The third-order valence-corrected chi connectivity index (χ3v) is 5.34. The summed E-state index contributed by atoms with van der Waals surface area (Å²) in [5.74, 6) is 0.151. The number of benzene rings is 2. The van der Waals surface area contributed by atoms with Crippen molar-refractivity contribution in [1.29, 1.82) is 0 Å². The van der Waals surface area contributed by atoms with E-state index in [0.29, 0.717) is 40.5 Å². The van der Waals surface area contributed by atoms with Gasteiger partial charge in [0.2, 0.25) is 11.8 Å². The van der Waals surface area contributed by atoms with Gasteiger partial charge in [0.15, 0.2) is 0 Å². The molecule has 1 heterocycles. The monoisotopic (exact) mass is 444 g/mol. The zero-order valence-corrected chi connectivity index (χ0v) is 18.2. The molecule has 0 saturated carbocycles. The van der Waals surface area contributed by atoms with Gasteiger partial charge >= 0.3 is 0 Å². The van der Waals surface area contributed by atoms with Gasteiger partial charge in [-0.15, -0.1) is 10.2 Å². The van der Waals surface area contributed by atoms with E-state index in [1.807, 2.05) is 13.8 Å². The molecule has 1 N–H and O–H groups in total. The molecule has 9 heteroatoms. The van der Waals surface area contributed by atoms with Crippen molar-refractivity contribution in [3.8, 4) is 11.5 Å². The van der Waals surface area contributed by atoms with E-state index in [-0.39, 0.29) is 17.6 Å². The van der Waals surface area contributed by atoms with Gasteiger partial charge in [-0.25, -0.2) is 0 Å². The standard InChI is InChI=1S/C21H21ClN4O3S/c1-3-26(4-2)20(28)15-6-5-7-17(12-15)23-18(27)13-30-21-25-24-19(29-21)14-8-10-16(22)11-9-14/h5-12H,3-4,13H2,1-2H3,(H,23,27). The van der Waals surface area contributed by atoms with Crippen LogP contribution in [-0.2, 0) is 4.79 Å². The quantitative estimate of drug-likeness (QED) is 0.510. The molecule has 0 aliphatic heterocycles. The molecule has 0 aliphatic carbocycles. The van der Waals surface area contributed by atoms with Crippen LogP contribution in [0.1, 0.15) is 24.2 Å². The smallest absolute Gasteiger partial charge is 0.277 e. The van der Waals surface area contributed by atoms with Crippen LogP contribution in [0.2, 0.25) is 5.02 Å². The van der Waals surface area contributed by atoms with Crippen LogP contribution in [0.25, 0.3) is 11.5 Å². The van der Waals surface area contributed by atoms with Crippen molar-refractivity contribution >= 4 is 40.9 Å². The Morgan fingerprint density at radius 1 is 1.10 bits per heavy atom. The summed E-state index contributed by atoms with van der Waals surface area (Å²) in [7, 11) is 0. The molecule has 0 bridgehead atoms. The fourth-order valence-corrected chi connectivity index (χ4v) is 3.41. The molecule has 0 unspecified atom stereocenters. The number of carbonyl (C=O) groups is 2. The molecule has 0 radical (unpaired) electrons. The second-order valence-corrected chi connectivity index (χ2v) is 7.64. The lowest BCUT2D eigenvalue weighted by molar-refractivity contribution is -0.113. The first-order chi connectivity index (χ1) is 14.5. The van der Waals surface area contributed by atoms with E-state index in [0.717, 1.165) is 17.3 Å². The maximum absolute atomic E-state index is 12.5. The van der Waals surface area contributed by atoms with Crippen LogP contribution in [0.5, 0.6) is 0 Å². The molecule has 3 aromatic rings. The van der Waals surface area contributed by atoms with E-state index < -0.39 is 0 Å². The minimum absolute atomic E-state index is 0.0638. The number of hydrogen-bond acceptors (Lipinski definition) is 6. The molecule has 2 aromatic carbocycles. The third kappa shape index (κ3) is 5.61. The Morgan fingerprint density at radius 3 is 2.53 bits per heavy atom. The number of rotatable bonds is 8. The van der Waals surface area contributed by atoms with E-state index in [1.54, 1.807) is 53.4 Å². The second-order valence-electron chi connectivity index (χ2n) is 6.28. The number of amides is 2. The van der Waals surface area contributed by atoms with Crippen LogP contribution >= 0.6 is 23.4 Å². The molecule has 0 spiro atoms. The average molecular weight is 445 g/mol. The van der Waals surface area contributed by atoms with Gasteiger partial charge in [-0.2, -0.15) is 0 Å². The molecule has 156 valence electrons. The van der Waals surface area contributed by atoms with Gasteiger partial charge in [-0.3, -0.25) is 9.59 Å². The molecule has 3 rings (SSSR count). The molecular formula is C21H21ClN4O3S. The minimum atomic E-state index is -0.237. The van der Waals surface area contributed by atoms with E-state index in [1.165, 1.54) is 0 Å². The summed E-state index contributed by atoms with van der Waals surface area (Å²) in [6.07, 6.45) is 0.